The van der Waals surface area contributed by atoms with Crippen molar-refractivity contribution < 1.29 is 9.90 Å². The first-order valence-corrected chi connectivity index (χ1v) is 2.59. The van der Waals surface area contributed by atoms with Gasteiger partial charge in [-0.05, 0) is 6.42 Å². The molecule has 8 heavy (non-hydrogen) atoms. The molecule has 2 nitrogen and oxygen atoms in total. The van der Waals surface area contributed by atoms with Crippen molar-refractivity contribution in [3.05, 3.63) is 0 Å². The van der Waals surface area contributed by atoms with Crippen LogP contribution >= 0.6 is 12.6 Å². The predicted octanol–water partition coefficient (Wildman–Crippen LogP) is -1.36. The number of thiol groups is 1. The van der Waals surface area contributed by atoms with Gasteiger partial charge in [-0.3, -0.25) is 0 Å². The summed E-state index contributed by atoms with van der Waals surface area (Å²) in [5.74, 6) is -1.09. The third-order valence-electron chi connectivity index (χ3n) is 0.659. The fourth-order valence-corrected chi connectivity index (χ4v) is 0.167. The van der Waals surface area contributed by atoms with Crippen LogP contribution in [0.2, 0.25) is 0 Å². The summed E-state index contributed by atoms with van der Waals surface area (Å²) in [6.07, 6.45) is 0.519. The number of hydrogen-bond donors (Lipinski definition) is 1. The van der Waals surface area contributed by atoms with Crippen molar-refractivity contribution in [2.24, 2.45) is 0 Å². The Morgan fingerprint density at radius 3 is 2.25 bits per heavy atom. The molecule has 50 valence electrons. The first-order valence-electron chi connectivity index (χ1n) is 2.07. The summed E-state index contributed by atoms with van der Waals surface area (Å²) < 4.78 is 0. The summed E-state index contributed by atoms with van der Waals surface area (Å²) in [6, 6.07) is 0. The maximum absolute atomic E-state index is 9.74. The van der Waals surface area contributed by atoms with Crippen LogP contribution in [-0.2, 0) is 18.3 Å². The maximum Gasteiger partial charge on any atom is 0.0541 e. The van der Waals surface area contributed by atoms with Crippen LogP contribution in [-0.4, -0.2) is 11.2 Å². The molecule has 0 aromatic carbocycles. The van der Waals surface area contributed by atoms with E-state index in [1.54, 1.807) is 6.92 Å². The van der Waals surface area contributed by atoms with Crippen LogP contribution in [0.1, 0.15) is 13.3 Å². The summed E-state index contributed by atoms with van der Waals surface area (Å²) >= 11 is 3.66. The number of carboxylic acids is 1. The van der Waals surface area contributed by atoms with Gasteiger partial charge >= 0.3 is 0 Å². The Labute approximate surface area is 61.1 Å². The molecule has 0 fully saturated rings. The number of rotatable bonds is 2. The highest BCUT2D eigenvalue weighted by atomic mass is 32.1. The van der Waals surface area contributed by atoms with E-state index in [1.165, 1.54) is 0 Å². The van der Waals surface area contributed by atoms with E-state index >= 15 is 0 Å². The number of carbonyl (C=O) groups is 1. The Hall–Kier alpha value is 0.170. The van der Waals surface area contributed by atoms with Gasteiger partial charge in [-0.1, -0.05) is 20.4 Å². The summed E-state index contributed by atoms with van der Waals surface area (Å²) in [5.41, 5.74) is 0. The SMILES string of the molecule is CCC(S)C(=O)[O-].[SH3+]. The maximum atomic E-state index is 9.74. The van der Waals surface area contributed by atoms with Crippen molar-refractivity contribution in [3.8, 4) is 0 Å². The molecule has 0 amide bonds. The molecule has 0 aliphatic carbocycles. The van der Waals surface area contributed by atoms with Crippen LogP contribution in [0.15, 0.2) is 0 Å². The van der Waals surface area contributed by atoms with Gasteiger partial charge in [0.05, 0.1) is 5.97 Å². The lowest BCUT2D eigenvalue weighted by Crippen LogP contribution is -2.31. The minimum atomic E-state index is -1.09. The molecule has 0 aliphatic rings. The lowest BCUT2D eigenvalue weighted by atomic mass is 10.3. The largest absolute Gasteiger partial charge is 0.549 e. The lowest BCUT2D eigenvalue weighted by Gasteiger charge is -2.05. The molecule has 1 unspecified atom stereocenters. The van der Waals surface area contributed by atoms with Gasteiger partial charge in [0, 0.05) is 5.25 Å². The molecular formula is C4H10O2S2. The average molecular weight is 154 g/mol. The van der Waals surface area contributed by atoms with Gasteiger partial charge in [0.2, 0.25) is 0 Å². The quantitative estimate of drug-likeness (QED) is 0.394. The molecule has 1 atom stereocenters. The highest BCUT2D eigenvalue weighted by Crippen LogP contribution is 1.95. The van der Waals surface area contributed by atoms with Crippen molar-refractivity contribution in [3.63, 3.8) is 0 Å². The first-order chi connectivity index (χ1) is 3.18. The Morgan fingerprint density at radius 1 is 1.88 bits per heavy atom. The van der Waals surface area contributed by atoms with Crippen LogP contribution < -0.4 is 5.11 Å². The summed E-state index contributed by atoms with van der Waals surface area (Å²) in [6.45, 7) is 1.74. The zero-order valence-corrected chi connectivity index (χ0v) is 6.67. The Balaban J connectivity index is 0. The van der Waals surface area contributed by atoms with E-state index in [0.717, 1.165) is 0 Å². The van der Waals surface area contributed by atoms with Crippen molar-refractivity contribution in [2.75, 3.05) is 0 Å². The van der Waals surface area contributed by atoms with E-state index in [2.05, 4.69) is 12.6 Å². The van der Waals surface area contributed by atoms with Crippen molar-refractivity contribution in [2.45, 2.75) is 18.6 Å². The van der Waals surface area contributed by atoms with Gasteiger partial charge in [-0.25, -0.2) is 0 Å². The smallest absolute Gasteiger partial charge is 0.0541 e. The van der Waals surface area contributed by atoms with Gasteiger partial charge in [0.25, 0.3) is 0 Å². The standard InChI is InChI=1S/C4H8O2S.H2S/c1-2-3(7)4(5)6;/h3,7H,2H2,1H3,(H,5,6);1H2. The molecule has 0 N–H and O–H groups in total. The molecular weight excluding hydrogens is 144 g/mol. The highest BCUT2D eigenvalue weighted by molar-refractivity contribution is 7.81. The lowest BCUT2D eigenvalue weighted by molar-refractivity contribution is -0.304. The third-order valence-corrected chi connectivity index (χ3v) is 1.23. The van der Waals surface area contributed by atoms with Crippen LogP contribution in [0.5, 0.6) is 0 Å². The zero-order valence-electron chi connectivity index (χ0n) is 4.63. The Morgan fingerprint density at radius 2 is 2.25 bits per heavy atom. The third kappa shape index (κ3) is 4.33. The Bertz CT molecular complexity index is 74.4. The second kappa shape index (κ2) is 5.31. The minimum absolute atomic E-state index is 0. The minimum Gasteiger partial charge on any atom is -0.549 e. The molecule has 0 aromatic heterocycles. The van der Waals surface area contributed by atoms with Crippen LogP contribution in [0.4, 0.5) is 0 Å². The second-order valence-corrected chi connectivity index (χ2v) is 1.87. The van der Waals surface area contributed by atoms with Crippen LogP contribution in [0.3, 0.4) is 0 Å². The van der Waals surface area contributed by atoms with E-state index in [-0.39, 0.29) is 13.5 Å². The number of carbonyl (C=O) groups excluding carboxylic acids is 1. The fourth-order valence-electron chi connectivity index (χ4n) is 0.167. The van der Waals surface area contributed by atoms with Gasteiger partial charge < -0.3 is 9.90 Å². The van der Waals surface area contributed by atoms with Crippen LogP contribution in [0.25, 0.3) is 0 Å². The monoisotopic (exact) mass is 154 g/mol. The molecule has 0 bridgehead atoms. The normalized spacial score (nSPS) is 11.8. The van der Waals surface area contributed by atoms with Crippen molar-refractivity contribution in [1.82, 2.24) is 0 Å². The van der Waals surface area contributed by atoms with E-state index in [9.17, 15) is 9.90 Å². The molecule has 0 aliphatic heterocycles. The average Bonchev–Trinajstić information content (AvgIpc) is 1.65. The van der Waals surface area contributed by atoms with E-state index < -0.39 is 11.2 Å². The number of aliphatic carboxylic acids is 1. The molecule has 0 rings (SSSR count). The topological polar surface area (TPSA) is 40.1 Å². The summed E-state index contributed by atoms with van der Waals surface area (Å²) in [4.78, 5) is 9.74. The van der Waals surface area contributed by atoms with E-state index in [4.69, 9.17) is 0 Å². The zero-order chi connectivity index (χ0) is 5.86. The molecule has 0 saturated carbocycles. The molecule has 0 spiro atoms. The first kappa shape index (κ1) is 11.0. The summed E-state index contributed by atoms with van der Waals surface area (Å²) in [7, 11) is 0. The Kier molecular flexibility index (Phi) is 7.32. The van der Waals surface area contributed by atoms with Gasteiger partial charge in [-0.15, -0.1) is 0 Å². The summed E-state index contributed by atoms with van der Waals surface area (Å²) in [5, 5.41) is 9.15. The fraction of sp³-hybridized carbons (Fsp3) is 0.750. The molecule has 0 radical (unpaired) electrons. The van der Waals surface area contributed by atoms with E-state index in [0.29, 0.717) is 6.42 Å². The van der Waals surface area contributed by atoms with Crippen molar-refractivity contribution in [1.29, 1.82) is 0 Å². The number of hydrogen-bond acceptors (Lipinski definition) is 3. The van der Waals surface area contributed by atoms with Gasteiger partial charge in [0.15, 0.2) is 0 Å². The highest BCUT2D eigenvalue weighted by Gasteiger charge is 1.95. The van der Waals surface area contributed by atoms with Gasteiger partial charge in [0.1, 0.15) is 0 Å². The van der Waals surface area contributed by atoms with Crippen LogP contribution in [0, 0.1) is 0 Å². The van der Waals surface area contributed by atoms with E-state index in [1.807, 2.05) is 0 Å². The molecule has 0 saturated heterocycles. The predicted molar refractivity (Wildman–Crippen MR) is 39.6 cm³/mol. The number of carboxylic acid groups (broad SMARTS) is 1. The van der Waals surface area contributed by atoms with Gasteiger partial charge in [-0.2, -0.15) is 12.6 Å². The van der Waals surface area contributed by atoms with Crippen molar-refractivity contribution >= 4 is 32.1 Å². The second-order valence-electron chi connectivity index (χ2n) is 1.24. The molecule has 0 aromatic rings. The molecule has 4 heteroatoms. The molecule has 0 heterocycles.